The lowest BCUT2D eigenvalue weighted by Crippen LogP contribution is -2.24. The molecule has 0 aromatic carbocycles. The fourth-order valence-electron chi connectivity index (χ4n) is 2.37. The van der Waals surface area contributed by atoms with E-state index in [-0.39, 0.29) is 18.7 Å². The van der Waals surface area contributed by atoms with Crippen molar-refractivity contribution in [1.82, 2.24) is 0 Å². The molecule has 0 bridgehead atoms. The van der Waals surface area contributed by atoms with Gasteiger partial charge in [0, 0.05) is 0 Å². The van der Waals surface area contributed by atoms with Gasteiger partial charge in [-0.15, -0.1) is 0 Å². The fraction of sp³-hybridized carbons (Fsp3) is 1.00. The largest absolute Gasteiger partial charge is 0.348 e. The predicted molar refractivity (Wildman–Crippen MR) is 63.1 cm³/mol. The van der Waals surface area contributed by atoms with E-state index in [1.807, 2.05) is 13.8 Å². The van der Waals surface area contributed by atoms with E-state index < -0.39 is 5.79 Å². The lowest BCUT2D eigenvalue weighted by molar-refractivity contribution is -0.140. The average molecular weight is 232 g/mol. The first-order chi connectivity index (χ1) is 7.48. The maximum atomic E-state index is 12.8. The maximum Gasteiger partial charge on any atom is 0.163 e. The van der Waals surface area contributed by atoms with E-state index in [9.17, 15) is 4.39 Å². The summed E-state index contributed by atoms with van der Waals surface area (Å²) in [5.74, 6) is 0.0881. The predicted octanol–water partition coefficient (Wildman–Crippen LogP) is 3.55. The molecule has 1 saturated heterocycles. The van der Waals surface area contributed by atoms with E-state index in [1.165, 1.54) is 0 Å². The molecule has 0 aromatic rings. The molecule has 0 N–H and O–H groups in total. The quantitative estimate of drug-likeness (QED) is 0.697. The summed E-state index contributed by atoms with van der Waals surface area (Å²) in [6.45, 7) is 8.50. The van der Waals surface area contributed by atoms with E-state index in [0.717, 1.165) is 19.3 Å². The van der Waals surface area contributed by atoms with Crippen LogP contribution < -0.4 is 0 Å². The molecule has 1 heterocycles. The van der Waals surface area contributed by atoms with Gasteiger partial charge in [-0.2, -0.15) is 0 Å². The molecule has 16 heavy (non-hydrogen) atoms. The zero-order valence-electron chi connectivity index (χ0n) is 11.0. The molecule has 0 spiro atoms. The molecule has 1 aliphatic rings. The average Bonchev–Trinajstić information content (AvgIpc) is 2.54. The van der Waals surface area contributed by atoms with Crippen molar-refractivity contribution in [2.45, 2.75) is 58.8 Å². The molecule has 2 unspecified atom stereocenters. The summed E-state index contributed by atoms with van der Waals surface area (Å²) in [7, 11) is 0. The third-order valence-corrected chi connectivity index (χ3v) is 3.36. The van der Waals surface area contributed by atoms with Crippen molar-refractivity contribution in [1.29, 1.82) is 0 Å². The Morgan fingerprint density at radius 3 is 2.56 bits per heavy atom. The standard InChI is InChI=1S/C13H25FO2/c1-5-6-11(8-14)10(2)7-12-9-15-13(3,4)16-12/h10-12H,5-9H2,1-4H3/t10?,11?,12-/m1/s1. The zero-order chi connectivity index (χ0) is 12.2. The third kappa shape index (κ3) is 4.02. The second-order valence-electron chi connectivity index (χ2n) is 5.37. The van der Waals surface area contributed by atoms with Crippen LogP contribution in [-0.4, -0.2) is 25.2 Å². The molecule has 3 atom stereocenters. The van der Waals surface area contributed by atoms with Crippen LogP contribution in [0.15, 0.2) is 0 Å². The van der Waals surface area contributed by atoms with Crippen molar-refractivity contribution in [2.75, 3.05) is 13.3 Å². The van der Waals surface area contributed by atoms with Crippen LogP contribution in [-0.2, 0) is 9.47 Å². The number of hydrogen-bond acceptors (Lipinski definition) is 2. The van der Waals surface area contributed by atoms with Gasteiger partial charge in [-0.1, -0.05) is 20.3 Å². The van der Waals surface area contributed by atoms with Gasteiger partial charge in [0.05, 0.1) is 19.4 Å². The van der Waals surface area contributed by atoms with Crippen molar-refractivity contribution in [3.63, 3.8) is 0 Å². The highest BCUT2D eigenvalue weighted by atomic mass is 19.1. The third-order valence-electron chi connectivity index (χ3n) is 3.36. The molecule has 1 aliphatic heterocycles. The van der Waals surface area contributed by atoms with Gasteiger partial charge in [-0.05, 0) is 38.5 Å². The minimum atomic E-state index is -0.458. The Morgan fingerprint density at radius 2 is 2.12 bits per heavy atom. The summed E-state index contributed by atoms with van der Waals surface area (Å²) in [6, 6.07) is 0. The smallest absolute Gasteiger partial charge is 0.163 e. The minimum Gasteiger partial charge on any atom is -0.348 e. The number of halogens is 1. The summed E-state index contributed by atoms with van der Waals surface area (Å²) < 4.78 is 24.1. The van der Waals surface area contributed by atoms with Gasteiger partial charge in [0.15, 0.2) is 5.79 Å². The highest BCUT2D eigenvalue weighted by Gasteiger charge is 2.34. The fourth-order valence-corrected chi connectivity index (χ4v) is 2.37. The van der Waals surface area contributed by atoms with Crippen molar-refractivity contribution in [2.24, 2.45) is 11.8 Å². The van der Waals surface area contributed by atoms with Crippen molar-refractivity contribution in [3.05, 3.63) is 0 Å². The van der Waals surface area contributed by atoms with Crippen molar-refractivity contribution >= 4 is 0 Å². The van der Waals surface area contributed by atoms with Gasteiger partial charge < -0.3 is 9.47 Å². The summed E-state index contributed by atoms with van der Waals surface area (Å²) >= 11 is 0. The Labute approximate surface area is 98.5 Å². The molecular weight excluding hydrogens is 207 g/mol. The van der Waals surface area contributed by atoms with Crippen LogP contribution in [0.3, 0.4) is 0 Å². The first kappa shape index (κ1) is 13.9. The lowest BCUT2D eigenvalue weighted by Gasteiger charge is -2.24. The normalized spacial score (nSPS) is 27.9. The highest BCUT2D eigenvalue weighted by Crippen LogP contribution is 2.30. The summed E-state index contributed by atoms with van der Waals surface area (Å²) in [6.07, 6.45) is 3.05. The van der Waals surface area contributed by atoms with Crippen LogP contribution in [0, 0.1) is 11.8 Å². The van der Waals surface area contributed by atoms with Gasteiger partial charge in [0.2, 0.25) is 0 Å². The Hall–Kier alpha value is -0.150. The lowest BCUT2D eigenvalue weighted by atomic mass is 9.87. The summed E-state index contributed by atoms with van der Waals surface area (Å²) in [5, 5.41) is 0. The first-order valence-electron chi connectivity index (χ1n) is 6.36. The van der Waals surface area contributed by atoms with E-state index >= 15 is 0 Å². The zero-order valence-corrected chi connectivity index (χ0v) is 11.0. The summed E-state index contributed by atoms with van der Waals surface area (Å²) in [5.41, 5.74) is 0. The maximum absolute atomic E-state index is 12.8. The second kappa shape index (κ2) is 5.97. The molecule has 3 heteroatoms. The van der Waals surface area contributed by atoms with E-state index in [0.29, 0.717) is 12.5 Å². The number of rotatable bonds is 6. The number of ether oxygens (including phenoxy) is 2. The van der Waals surface area contributed by atoms with E-state index in [2.05, 4.69) is 13.8 Å². The second-order valence-corrected chi connectivity index (χ2v) is 5.37. The van der Waals surface area contributed by atoms with Crippen LogP contribution in [0.5, 0.6) is 0 Å². The van der Waals surface area contributed by atoms with Crippen LogP contribution in [0.4, 0.5) is 4.39 Å². The monoisotopic (exact) mass is 232 g/mol. The first-order valence-corrected chi connectivity index (χ1v) is 6.36. The van der Waals surface area contributed by atoms with Gasteiger partial charge in [-0.3, -0.25) is 4.39 Å². The molecule has 96 valence electrons. The minimum absolute atomic E-state index is 0.135. The van der Waals surface area contributed by atoms with Gasteiger partial charge in [0.1, 0.15) is 0 Å². The molecule has 0 aromatic heterocycles. The molecule has 0 amide bonds. The molecular formula is C13H25FO2. The van der Waals surface area contributed by atoms with Gasteiger partial charge >= 0.3 is 0 Å². The molecule has 2 nitrogen and oxygen atoms in total. The van der Waals surface area contributed by atoms with E-state index in [4.69, 9.17) is 9.47 Å². The molecule has 1 fully saturated rings. The molecule has 1 rings (SSSR count). The van der Waals surface area contributed by atoms with Crippen LogP contribution in [0.1, 0.15) is 47.0 Å². The topological polar surface area (TPSA) is 18.5 Å². The van der Waals surface area contributed by atoms with Gasteiger partial charge in [0.25, 0.3) is 0 Å². The van der Waals surface area contributed by atoms with Gasteiger partial charge in [-0.25, -0.2) is 0 Å². The number of alkyl halides is 1. The van der Waals surface area contributed by atoms with Crippen LogP contribution >= 0.6 is 0 Å². The number of hydrogen-bond donors (Lipinski definition) is 0. The molecule has 0 aliphatic carbocycles. The van der Waals surface area contributed by atoms with Crippen LogP contribution in [0.25, 0.3) is 0 Å². The summed E-state index contributed by atoms with van der Waals surface area (Å²) in [4.78, 5) is 0. The van der Waals surface area contributed by atoms with Crippen LogP contribution in [0.2, 0.25) is 0 Å². The molecule has 0 saturated carbocycles. The molecule has 0 radical (unpaired) electrons. The Kier molecular flexibility index (Phi) is 5.19. The van der Waals surface area contributed by atoms with Crippen molar-refractivity contribution < 1.29 is 13.9 Å². The Bertz CT molecular complexity index is 206. The Balaban J connectivity index is 2.36. The highest BCUT2D eigenvalue weighted by molar-refractivity contribution is 4.76. The van der Waals surface area contributed by atoms with E-state index in [1.54, 1.807) is 0 Å². The van der Waals surface area contributed by atoms with Crippen molar-refractivity contribution in [3.8, 4) is 0 Å². The Morgan fingerprint density at radius 1 is 1.44 bits per heavy atom. The SMILES string of the molecule is CCCC(CF)C(C)C[C@@H]1COC(C)(C)O1.